The SMILES string of the molecule is C=C(C)/C(=C\C(C)=NCC(C)C)Oc1ccc(C(=C)NCC)cc1C. The zero-order chi connectivity index (χ0) is 19.0. The summed E-state index contributed by atoms with van der Waals surface area (Å²) in [5.41, 5.74) is 4.87. The van der Waals surface area contributed by atoms with Gasteiger partial charge in [0.05, 0.1) is 0 Å². The van der Waals surface area contributed by atoms with Crippen LogP contribution >= 0.6 is 0 Å². The van der Waals surface area contributed by atoms with Crippen molar-refractivity contribution in [2.75, 3.05) is 13.1 Å². The molecule has 0 spiro atoms. The van der Waals surface area contributed by atoms with Crippen LogP contribution in [0.15, 0.2) is 53.8 Å². The summed E-state index contributed by atoms with van der Waals surface area (Å²) in [6, 6.07) is 6.07. The van der Waals surface area contributed by atoms with Gasteiger partial charge in [0.25, 0.3) is 0 Å². The average Bonchev–Trinajstić information content (AvgIpc) is 2.53. The molecule has 0 saturated heterocycles. The summed E-state index contributed by atoms with van der Waals surface area (Å²) < 4.78 is 6.11. The monoisotopic (exact) mass is 340 g/mol. The first-order valence-corrected chi connectivity index (χ1v) is 8.84. The second kappa shape index (κ2) is 9.87. The van der Waals surface area contributed by atoms with Crippen LogP contribution in [0.25, 0.3) is 5.70 Å². The highest BCUT2D eigenvalue weighted by Gasteiger charge is 2.08. The van der Waals surface area contributed by atoms with E-state index in [1.807, 2.05) is 39.0 Å². The largest absolute Gasteiger partial charge is 0.457 e. The van der Waals surface area contributed by atoms with E-state index in [1.165, 1.54) is 0 Å². The molecular weight excluding hydrogens is 308 g/mol. The van der Waals surface area contributed by atoms with Gasteiger partial charge in [0.15, 0.2) is 0 Å². The molecule has 0 amide bonds. The van der Waals surface area contributed by atoms with Crippen molar-refractivity contribution in [3.8, 4) is 5.75 Å². The van der Waals surface area contributed by atoms with Gasteiger partial charge < -0.3 is 10.1 Å². The second-order valence-electron chi connectivity index (χ2n) is 6.76. The molecule has 0 aliphatic heterocycles. The number of allylic oxidation sites excluding steroid dienone is 2. The molecule has 0 aromatic heterocycles. The fourth-order valence-electron chi connectivity index (χ4n) is 2.19. The average molecular weight is 341 g/mol. The quantitative estimate of drug-likeness (QED) is 0.364. The highest BCUT2D eigenvalue weighted by Crippen LogP contribution is 2.25. The zero-order valence-corrected chi connectivity index (χ0v) is 16.6. The molecule has 25 heavy (non-hydrogen) atoms. The van der Waals surface area contributed by atoms with E-state index in [2.05, 4.69) is 50.3 Å². The summed E-state index contributed by atoms with van der Waals surface area (Å²) in [6.07, 6.45) is 1.95. The molecular formula is C22H32N2O. The molecule has 1 aromatic rings. The molecule has 0 aliphatic rings. The Kier molecular flexibility index (Phi) is 8.20. The summed E-state index contributed by atoms with van der Waals surface area (Å²) >= 11 is 0. The summed E-state index contributed by atoms with van der Waals surface area (Å²) in [6.45, 7) is 22.1. The first-order chi connectivity index (χ1) is 11.7. The van der Waals surface area contributed by atoms with Gasteiger partial charge in [-0.1, -0.05) is 27.0 Å². The molecule has 0 radical (unpaired) electrons. The minimum atomic E-state index is 0.539. The van der Waals surface area contributed by atoms with Crippen molar-refractivity contribution in [1.82, 2.24) is 5.32 Å². The van der Waals surface area contributed by atoms with E-state index in [9.17, 15) is 0 Å². The predicted molar refractivity (Wildman–Crippen MR) is 110 cm³/mol. The summed E-state index contributed by atoms with van der Waals surface area (Å²) in [4.78, 5) is 4.57. The molecule has 1 aromatic carbocycles. The van der Waals surface area contributed by atoms with Crippen LogP contribution in [-0.2, 0) is 0 Å². The Morgan fingerprint density at radius 3 is 2.48 bits per heavy atom. The number of benzene rings is 1. The van der Waals surface area contributed by atoms with Crippen LogP contribution in [0.3, 0.4) is 0 Å². The number of hydrogen-bond acceptors (Lipinski definition) is 3. The molecule has 136 valence electrons. The van der Waals surface area contributed by atoms with Gasteiger partial charge in [0, 0.05) is 30.6 Å². The molecule has 3 nitrogen and oxygen atoms in total. The smallest absolute Gasteiger partial charge is 0.131 e. The number of rotatable bonds is 9. The van der Waals surface area contributed by atoms with Gasteiger partial charge in [-0.2, -0.15) is 0 Å². The Hall–Kier alpha value is -2.29. The van der Waals surface area contributed by atoms with E-state index >= 15 is 0 Å². The maximum absolute atomic E-state index is 6.11. The molecule has 1 N–H and O–H groups in total. The predicted octanol–water partition coefficient (Wildman–Crippen LogP) is 5.53. The fourth-order valence-corrected chi connectivity index (χ4v) is 2.19. The third kappa shape index (κ3) is 7.00. The van der Waals surface area contributed by atoms with Crippen molar-refractivity contribution in [1.29, 1.82) is 0 Å². The van der Waals surface area contributed by atoms with E-state index in [-0.39, 0.29) is 0 Å². The highest BCUT2D eigenvalue weighted by molar-refractivity contribution is 5.93. The standard InChI is InChI=1S/C22H32N2O/c1-9-23-19(8)20-10-11-21(17(6)12-20)25-22(16(4)5)13-18(7)24-14-15(2)3/h10-13,15,23H,4,8-9,14H2,1-3,5-7H3/b22-13+,24-18?. The Bertz CT molecular complexity index is 681. The second-order valence-corrected chi connectivity index (χ2v) is 6.76. The zero-order valence-electron chi connectivity index (χ0n) is 16.6. The maximum atomic E-state index is 6.11. The lowest BCUT2D eigenvalue weighted by atomic mass is 10.1. The first-order valence-electron chi connectivity index (χ1n) is 8.84. The van der Waals surface area contributed by atoms with Gasteiger partial charge in [-0.3, -0.25) is 4.99 Å². The van der Waals surface area contributed by atoms with Gasteiger partial charge >= 0.3 is 0 Å². The van der Waals surface area contributed by atoms with Gasteiger partial charge in [-0.05, 0) is 68.5 Å². The van der Waals surface area contributed by atoms with Gasteiger partial charge in [0.2, 0.25) is 0 Å². The fraction of sp³-hybridized carbons (Fsp3) is 0.409. The molecule has 0 unspecified atom stereocenters. The van der Waals surface area contributed by atoms with E-state index in [4.69, 9.17) is 4.74 Å². The van der Waals surface area contributed by atoms with Gasteiger partial charge in [-0.25, -0.2) is 0 Å². The lowest BCUT2D eigenvalue weighted by Gasteiger charge is -2.15. The van der Waals surface area contributed by atoms with E-state index in [1.54, 1.807) is 0 Å². The number of aliphatic imine (C=N–C) groups is 1. The third-order valence-corrected chi connectivity index (χ3v) is 3.60. The summed E-state index contributed by atoms with van der Waals surface area (Å²) in [5, 5.41) is 3.24. The lowest BCUT2D eigenvalue weighted by Crippen LogP contribution is -2.10. The van der Waals surface area contributed by atoms with Crippen LogP contribution in [0.2, 0.25) is 0 Å². The van der Waals surface area contributed by atoms with Gasteiger partial charge in [0.1, 0.15) is 11.5 Å². The van der Waals surface area contributed by atoms with Crippen molar-refractivity contribution in [3.05, 3.63) is 59.9 Å². The van der Waals surface area contributed by atoms with Crippen molar-refractivity contribution in [2.45, 2.75) is 41.5 Å². The molecule has 0 saturated carbocycles. The van der Waals surface area contributed by atoms with Crippen LogP contribution in [0.4, 0.5) is 0 Å². The lowest BCUT2D eigenvalue weighted by molar-refractivity contribution is 0.434. The summed E-state index contributed by atoms with van der Waals surface area (Å²) in [7, 11) is 0. The number of aryl methyl sites for hydroxylation is 1. The van der Waals surface area contributed by atoms with Crippen LogP contribution in [0.5, 0.6) is 5.75 Å². The topological polar surface area (TPSA) is 33.6 Å². The van der Waals surface area contributed by atoms with E-state index in [0.717, 1.165) is 52.7 Å². The van der Waals surface area contributed by atoms with E-state index in [0.29, 0.717) is 5.92 Å². The molecule has 1 rings (SSSR count). The van der Waals surface area contributed by atoms with Crippen LogP contribution in [-0.4, -0.2) is 18.8 Å². The molecule has 0 heterocycles. The maximum Gasteiger partial charge on any atom is 0.131 e. The van der Waals surface area contributed by atoms with Crippen LogP contribution < -0.4 is 10.1 Å². The Morgan fingerprint density at radius 1 is 1.28 bits per heavy atom. The Morgan fingerprint density at radius 2 is 1.96 bits per heavy atom. The van der Waals surface area contributed by atoms with Crippen molar-refractivity contribution >= 4 is 11.4 Å². The Balaban J connectivity index is 3.01. The van der Waals surface area contributed by atoms with E-state index < -0.39 is 0 Å². The Labute approximate surface area is 153 Å². The number of ether oxygens (including phenoxy) is 1. The normalized spacial score (nSPS) is 12.3. The number of nitrogens with one attached hydrogen (secondary N) is 1. The third-order valence-electron chi connectivity index (χ3n) is 3.60. The van der Waals surface area contributed by atoms with Gasteiger partial charge in [-0.15, -0.1) is 0 Å². The highest BCUT2D eigenvalue weighted by atomic mass is 16.5. The molecule has 0 fully saturated rings. The van der Waals surface area contributed by atoms with Crippen LogP contribution in [0.1, 0.15) is 45.7 Å². The van der Waals surface area contributed by atoms with Crippen LogP contribution in [0, 0.1) is 12.8 Å². The molecule has 3 heteroatoms. The first kappa shape index (κ1) is 20.8. The van der Waals surface area contributed by atoms with Crippen molar-refractivity contribution < 1.29 is 4.74 Å². The van der Waals surface area contributed by atoms with Crippen molar-refractivity contribution in [3.63, 3.8) is 0 Å². The number of hydrogen-bond donors (Lipinski definition) is 1. The van der Waals surface area contributed by atoms with Crippen molar-refractivity contribution in [2.24, 2.45) is 10.9 Å². The molecule has 0 bridgehead atoms. The number of nitrogens with zero attached hydrogens (tertiary/aromatic N) is 1. The summed E-state index contributed by atoms with van der Waals surface area (Å²) in [5.74, 6) is 2.10. The molecule has 0 atom stereocenters. The minimum absolute atomic E-state index is 0.539. The minimum Gasteiger partial charge on any atom is -0.457 e. The molecule has 0 aliphatic carbocycles.